The van der Waals surface area contributed by atoms with Crippen molar-refractivity contribution in [2.24, 2.45) is 11.8 Å². The highest BCUT2D eigenvalue weighted by Crippen LogP contribution is 2.40. The van der Waals surface area contributed by atoms with Crippen LogP contribution in [-0.4, -0.2) is 47.5 Å². The summed E-state index contributed by atoms with van der Waals surface area (Å²) in [6, 6.07) is -0.156. The van der Waals surface area contributed by atoms with Crippen molar-refractivity contribution in [3.63, 3.8) is 0 Å². The van der Waals surface area contributed by atoms with E-state index in [0.29, 0.717) is 6.42 Å². The summed E-state index contributed by atoms with van der Waals surface area (Å²) >= 11 is 0. The smallest absolute Gasteiger partial charge is 0.325 e. The number of carboxylic acids is 1. The molecule has 0 bridgehead atoms. The summed E-state index contributed by atoms with van der Waals surface area (Å²) < 4.78 is 4.51. The lowest BCUT2D eigenvalue weighted by Gasteiger charge is -2.25. The number of carboxylic acid groups (broad SMARTS) is 1. The maximum atomic E-state index is 12.0. The summed E-state index contributed by atoms with van der Waals surface area (Å²) in [5, 5.41) is 8.76. The average Bonchev–Trinajstić information content (AvgIpc) is 3.03. The second-order valence-electron chi connectivity index (χ2n) is 4.42. The fourth-order valence-corrected chi connectivity index (χ4v) is 1.67. The number of nitrogens with zero attached hydrogens (tertiary/aromatic N) is 1. The zero-order valence-corrected chi connectivity index (χ0v) is 10.2. The van der Waals surface area contributed by atoms with Gasteiger partial charge >= 0.3 is 11.9 Å². The van der Waals surface area contributed by atoms with Crippen molar-refractivity contribution in [2.75, 3.05) is 13.7 Å². The Hall–Kier alpha value is -1.59. The van der Waals surface area contributed by atoms with Crippen LogP contribution >= 0.6 is 0 Å². The highest BCUT2D eigenvalue weighted by molar-refractivity contribution is 5.91. The molecule has 0 unspecified atom stereocenters. The number of carbonyl (C=O) groups excluding carboxylic acids is 2. The maximum absolute atomic E-state index is 12.0. The lowest BCUT2D eigenvalue weighted by atomic mass is 10.2. The molecule has 1 saturated carbocycles. The molecule has 1 N–H and O–H groups in total. The summed E-state index contributed by atoms with van der Waals surface area (Å²) in [6.45, 7) is 3.42. The van der Waals surface area contributed by atoms with Gasteiger partial charge in [-0.25, -0.2) is 0 Å². The van der Waals surface area contributed by atoms with E-state index >= 15 is 0 Å². The zero-order chi connectivity index (χ0) is 13.2. The molecule has 1 rings (SSSR count). The second-order valence-corrected chi connectivity index (χ2v) is 4.42. The van der Waals surface area contributed by atoms with E-state index in [1.807, 2.05) is 0 Å². The third-order valence-electron chi connectivity index (χ3n) is 2.86. The first-order chi connectivity index (χ1) is 7.88. The van der Waals surface area contributed by atoms with Gasteiger partial charge in [0.05, 0.1) is 18.9 Å². The van der Waals surface area contributed by atoms with Crippen LogP contribution in [0.4, 0.5) is 0 Å². The number of hydrogen-bond acceptors (Lipinski definition) is 4. The Morgan fingerprint density at radius 3 is 2.29 bits per heavy atom. The Bertz CT molecular complexity index is 339. The van der Waals surface area contributed by atoms with Crippen LogP contribution in [-0.2, 0) is 19.1 Å². The van der Waals surface area contributed by atoms with Crippen molar-refractivity contribution in [1.82, 2.24) is 4.90 Å². The number of amides is 1. The minimum absolute atomic E-state index is 0.129. The van der Waals surface area contributed by atoms with E-state index in [-0.39, 0.29) is 18.5 Å². The summed E-state index contributed by atoms with van der Waals surface area (Å²) in [7, 11) is 1.25. The molecule has 0 heterocycles. The van der Waals surface area contributed by atoms with E-state index in [9.17, 15) is 14.4 Å². The molecule has 0 saturated heterocycles. The fraction of sp³-hybridized carbons (Fsp3) is 0.727. The molecular weight excluding hydrogens is 226 g/mol. The summed E-state index contributed by atoms with van der Waals surface area (Å²) in [6.07, 6.45) is 0.360. The molecule has 0 aromatic heterocycles. The van der Waals surface area contributed by atoms with Gasteiger partial charge in [-0.1, -0.05) is 0 Å². The van der Waals surface area contributed by atoms with E-state index in [0.717, 1.165) is 0 Å². The molecule has 0 aromatic rings. The first-order valence-corrected chi connectivity index (χ1v) is 5.48. The van der Waals surface area contributed by atoms with Gasteiger partial charge in [0.2, 0.25) is 5.91 Å². The Kier molecular flexibility index (Phi) is 4.09. The highest BCUT2D eigenvalue weighted by Gasteiger charge is 2.50. The van der Waals surface area contributed by atoms with Crippen molar-refractivity contribution in [2.45, 2.75) is 26.3 Å². The van der Waals surface area contributed by atoms with Crippen molar-refractivity contribution < 1.29 is 24.2 Å². The predicted molar refractivity (Wildman–Crippen MR) is 58.1 cm³/mol. The van der Waals surface area contributed by atoms with E-state index in [2.05, 4.69) is 4.74 Å². The molecule has 17 heavy (non-hydrogen) atoms. The third kappa shape index (κ3) is 3.18. The van der Waals surface area contributed by atoms with Gasteiger partial charge in [0.15, 0.2) is 0 Å². The molecule has 1 aliphatic rings. The molecule has 0 radical (unpaired) electrons. The van der Waals surface area contributed by atoms with E-state index in [1.165, 1.54) is 12.0 Å². The lowest BCUT2D eigenvalue weighted by molar-refractivity contribution is -0.149. The van der Waals surface area contributed by atoms with Crippen LogP contribution in [0.3, 0.4) is 0 Å². The number of esters is 1. The summed E-state index contributed by atoms with van der Waals surface area (Å²) in [4.78, 5) is 35.2. The second kappa shape index (κ2) is 5.16. The van der Waals surface area contributed by atoms with Gasteiger partial charge in [-0.3, -0.25) is 14.4 Å². The van der Waals surface area contributed by atoms with Crippen molar-refractivity contribution in [1.29, 1.82) is 0 Å². The topological polar surface area (TPSA) is 83.9 Å². The molecule has 6 nitrogen and oxygen atoms in total. The van der Waals surface area contributed by atoms with Crippen LogP contribution in [0.2, 0.25) is 0 Å². The van der Waals surface area contributed by atoms with E-state index in [1.54, 1.807) is 13.8 Å². The third-order valence-corrected chi connectivity index (χ3v) is 2.86. The van der Waals surface area contributed by atoms with Gasteiger partial charge in [0.1, 0.15) is 6.54 Å². The number of carbonyl (C=O) groups is 3. The van der Waals surface area contributed by atoms with E-state index < -0.39 is 23.8 Å². The van der Waals surface area contributed by atoms with Crippen molar-refractivity contribution in [3.05, 3.63) is 0 Å². The largest absolute Gasteiger partial charge is 0.481 e. The molecule has 1 amide bonds. The fourth-order valence-electron chi connectivity index (χ4n) is 1.67. The monoisotopic (exact) mass is 243 g/mol. The van der Waals surface area contributed by atoms with Crippen molar-refractivity contribution in [3.8, 4) is 0 Å². The molecule has 2 atom stereocenters. The van der Waals surface area contributed by atoms with Gasteiger partial charge in [0.25, 0.3) is 0 Å². The van der Waals surface area contributed by atoms with Gasteiger partial charge in [-0.05, 0) is 20.3 Å². The first kappa shape index (κ1) is 13.5. The maximum Gasteiger partial charge on any atom is 0.325 e. The van der Waals surface area contributed by atoms with Gasteiger partial charge < -0.3 is 14.7 Å². The van der Waals surface area contributed by atoms with E-state index in [4.69, 9.17) is 5.11 Å². The molecule has 1 fully saturated rings. The average molecular weight is 243 g/mol. The quantitative estimate of drug-likeness (QED) is 0.693. The molecule has 96 valence electrons. The summed E-state index contributed by atoms with van der Waals surface area (Å²) in [5.41, 5.74) is 0. The van der Waals surface area contributed by atoms with Crippen LogP contribution in [0.1, 0.15) is 20.3 Å². The number of methoxy groups -OCH3 is 1. The Morgan fingerprint density at radius 1 is 1.35 bits per heavy atom. The SMILES string of the molecule is COC(=O)CN(C(=O)[C@@H]1C[C@@H]1C(=O)O)C(C)C. The number of rotatable bonds is 5. The molecular formula is C11H17NO5. The number of aliphatic carboxylic acids is 1. The predicted octanol–water partition coefficient (Wildman–Crippen LogP) is 0.117. The molecule has 0 aromatic carbocycles. The Morgan fingerprint density at radius 2 is 1.94 bits per heavy atom. The van der Waals surface area contributed by atoms with Crippen molar-refractivity contribution >= 4 is 17.8 Å². The minimum Gasteiger partial charge on any atom is -0.481 e. The van der Waals surface area contributed by atoms with Gasteiger partial charge in [0, 0.05) is 6.04 Å². The van der Waals surface area contributed by atoms with Crippen LogP contribution in [0.15, 0.2) is 0 Å². The summed E-state index contributed by atoms with van der Waals surface area (Å²) in [5.74, 6) is -2.82. The minimum atomic E-state index is -0.954. The lowest BCUT2D eigenvalue weighted by Crippen LogP contribution is -2.42. The molecule has 6 heteroatoms. The number of hydrogen-bond donors (Lipinski definition) is 1. The van der Waals surface area contributed by atoms with Crippen LogP contribution in [0, 0.1) is 11.8 Å². The normalized spacial score (nSPS) is 22.1. The zero-order valence-electron chi connectivity index (χ0n) is 10.2. The molecule has 1 aliphatic carbocycles. The molecule has 0 aliphatic heterocycles. The highest BCUT2D eigenvalue weighted by atomic mass is 16.5. The first-order valence-electron chi connectivity index (χ1n) is 5.48. The molecule has 0 spiro atoms. The van der Waals surface area contributed by atoms with Crippen LogP contribution in [0.5, 0.6) is 0 Å². The van der Waals surface area contributed by atoms with Gasteiger partial charge in [-0.15, -0.1) is 0 Å². The Balaban J connectivity index is 2.63. The van der Waals surface area contributed by atoms with Crippen LogP contribution in [0.25, 0.3) is 0 Å². The van der Waals surface area contributed by atoms with Crippen LogP contribution < -0.4 is 0 Å². The van der Waals surface area contributed by atoms with Gasteiger partial charge in [-0.2, -0.15) is 0 Å². The standard InChI is InChI=1S/C11H17NO5/c1-6(2)12(5-9(13)17-3)10(14)7-4-8(7)11(15)16/h6-8H,4-5H2,1-3H3,(H,15,16)/t7-,8+/m1/s1. The number of ether oxygens (including phenoxy) is 1. The Labute approximate surface area is 99.5 Å².